The molecule has 8 heteroatoms. The largest absolute Gasteiger partial charge is 0.416 e. The minimum absolute atomic E-state index is 0.315. The predicted molar refractivity (Wildman–Crippen MR) is 83.9 cm³/mol. The van der Waals surface area contributed by atoms with Crippen LogP contribution in [0, 0.1) is 0 Å². The van der Waals surface area contributed by atoms with Crippen molar-refractivity contribution in [2.75, 3.05) is 0 Å². The van der Waals surface area contributed by atoms with Crippen LogP contribution in [0.25, 0.3) is 0 Å². The van der Waals surface area contributed by atoms with Gasteiger partial charge in [0.05, 0.1) is 11.1 Å². The third-order valence-corrected chi connectivity index (χ3v) is 2.93. The summed E-state index contributed by atoms with van der Waals surface area (Å²) in [6.45, 7) is 1.82. The highest BCUT2D eigenvalue weighted by Gasteiger charge is 2.33. The van der Waals surface area contributed by atoms with E-state index >= 15 is 0 Å². The minimum atomic E-state index is -4.46. The maximum absolute atomic E-state index is 12.1. The first kappa shape index (κ1) is 23.9. The van der Waals surface area contributed by atoms with Crippen LogP contribution in [-0.4, -0.2) is 0 Å². The quantitative estimate of drug-likeness (QED) is 0.473. The molecule has 0 heterocycles. The Morgan fingerprint density at radius 3 is 1.04 bits per heavy atom. The van der Waals surface area contributed by atoms with Gasteiger partial charge in [0.25, 0.3) is 0 Å². The van der Waals surface area contributed by atoms with Gasteiger partial charge in [0.2, 0.25) is 0 Å². The van der Waals surface area contributed by atoms with Gasteiger partial charge in [-0.1, -0.05) is 50.2 Å². The predicted octanol–water partition coefficient (Wildman–Crippen LogP) is 7.38. The van der Waals surface area contributed by atoms with Gasteiger partial charge < -0.3 is 0 Å². The van der Waals surface area contributed by atoms with Gasteiger partial charge in [0.15, 0.2) is 0 Å². The number of hydrogen-bond acceptors (Lipinski definition) is 0. The average molecular weight is 386 g/mol. The van der Waals surface area contributed by atoms with Crippen LogP contribution in [-0.2, 0) is 25.7 Å². The van der Waals surface area contributed by atoms with Crippen molar-refractivity contribution in [3.8, 4) is 0 Å². The van der Waals surface area contributed by atoms with E-state index in [4.69, 9.17) is 0 Å². The smallest absolute Gasteiger partial charge is 0.246 e. The highest BCUT2D eigenvalue weighted by molar-refractivity contribution is 5.29. The van der Waals surface area contributed by atoms with Gasteiger partial charge in [0.1, 0.15) is 13.3 Å². The molecular weight excluding hydrogens is 368 g/mol. The van der Waals surface area contributed by atoms with Crippen molar-refractivity contribution in [3.05, 3.63) is 70.8 Å². The molecule has 0 spiro atoms. The summed E-state index contributed by atoms with van der Waals surface area (Å²) in [7, 11) is 0. The Labute approximate surface area is 146 Å². The van der Waals surface area contributed by atoms with Crippen LogP contribution in [0.2, 0.25) is 0 Å². The van der Waals surface area contributed by atoms with E-state index in [1.807, 2.05) is 13.8 Å². The SMILES string of the molecule is CC.FCc1ccccc1C(F)(F)F.FCc1ccccc1C(F)(F)F. The number of benzene rings is 2. The molecule has 2 rings (SSSR count). The van der Waals surface area contributed by atoms with E-state index in [9.17, 15) is 35.1 Å². The lowest BCUT2D eigenvalue weighted by molar-refractivity contribution is -0.139. The topological polar surface area (TPSA) is 0 Å². The Morgan fingerprint density at radius 2 is 0.846 bits per heavy atom. The number of alkyl halides is 8. The second-order valence-corrected chi connectivity index (χ2v) is 4.58. The molecular formula is C18H18F8. The molecule has 0 amide bonds. The van der Waals surface area contributed by atoms with Gasteiger partial charge in [0, 0.05) is 0 Å². The number of hydrogen-bond donors (Lipinski definition) is 0. The Balaban J connectivity index is 0.000000439. The summed E-state index contributed by atoms with van der Waals surface area (Å²) >= 11 is 0. The fourth-order valence-electron chi connectivity index (χ4n) is 1.83. The Hall–Kier alpha value is -2.12. The average Bonchev–Trinajstić information content (AvgIpc) is 2.62. The molecule has 0 saturated heterocycles. The fourth-order valence-corrected chi connectivity index (χ4v) is 1.83. The van der Waals surface area contributed by atoms with Gasteiger partial charge in [-0.3, -0.25) is 0 Å². The maximum Gasteiger partial charge on any atom is 0.416 e. The molecule has 2 aromatic carbocycles. The first-order chi connectivity index (χ1) is 12.1. The summed E-state index contributed by atoms with van der Waals surface area (Å²) in [5.41, 5.74) is -2.42. The maximum atomic E-state index is 12.1. The summed E-state index contributed by atoms with van der Waals surface area (Å²) in [6, 6.07) is 9.23. The van der Waals surface area contributed by atoms with Crippen molar-refractivity contribution in [1.29, 1.82) is 0 Å². The van der Waals surface area contributed by atoms with Crippen molar-refractivity contribution in [2.45, 2.75) is 39.5 Å². The molecule has 0 aliphatic rings. The van der Waals surface area contributed by atoms with Crippen LogP contribution < -0.4 is 0 Å². The lowest BCUT2D eigenvalue weighted by Gasteiger charge is -2.09. The van der Waals surface area contributed by atoms with Gasteiger partial charge in [-0.15, -0.1) is 0 Å². The van der Waals surface area contributed by atoms with E-state index in [1.165, 1.54) is 24.3 Å². The molecule has 0 bridgehead atoms. The third kappa shape index (κ3) is 7.41. The van der Waals surface area contributed by atoms with E-state index in [2.05, 4.69) is 0 Å². The molecule has 0 nitrogen and oxygen atoms in total. The molecule has 2 aromatic rings. The van der Waals surface area contributed by atoms with Crippen molar-refractivity contribution in [3.63, 3.8) is 0 Å². The zero-order chi connectivity index (χ0) is 20.4. The molecule has 0 saturated carbocycles. The van der Waals surface area contributed by atoms with E-state index in [0.717, 1.165) is 24.3 Å². The van der Waals surface area contributed by atoms with Crippen molar-refractivity contribution < 1.29 is 35.1 Å². The summed E-state index contributed by atoms with van der Waals surface area (Å²) in [5.74, 6) is 0. The molecule has 0 aliphatic heterocycles. The molecule has 0 aliphatic carbocycles. The van der Waals surface area contributed by atoms with Crippen LogP contribution in [0.4, 0.5) is 35.1 Å². The second kappa shape index (κ2) is 10.8. The number of halogens is 8. The monoisotopic (exact) mass is 386 g/mol. The highest BCUT2D eigenvalue weighted by atomic mass is 19.4. The van der Waals surface area contributed by atoms with Gasteiger partial charge >= 0.3 is 12.4 Å². The summed E-state index contributed by atoms with van der Waals surface area (Å²) in [6.07, 6.45) is -8.91. The molecule has 146 valence electrons. The van der Waals surface area contributed by atoms with Gasteiger partial charge in [-0.25, -0.2) is 8.78 Å². The molecule has 0 unspecified atom stereocenters. The van der Waals surface area contributed by atoms with Crippen LogP contribution in [0.3, 0.4) is 0 Å². The van der Waals surface area contributed by atoms with E-state index in [-0.39, 0.29) is 11.1 Å². The zero-order valence-electron chi connectivity index (χ0n) is 14.1. The minimum Gasteiger partial charge on any atom is -0.246 e. The Kier molecular flexibility index (Phi) is 9.90. The molecule has 0 aromatic heterocycles. The number of rotatable bonds is 2. The van der Waals surface area contributed by atoms with Crippen LogP contribution in [0.1, 0.15) is 36.1 Å². The Bertz CT molecular complexity index is 587. The van der Waals surface area contributed by atoms with Crippen LogP contribution >= 0.6 is 0 Å². The Morgan fingerprint density at radius 1 is 0.577 bits per heavy atom. The van der Waals surface area contributed by atoms with Gasteiger partial charge in [-0.05, 0) is 23.3 Å². The highest BCUT2D eigenvalue weighted by Crippen LogP contribution is 2.32. The van der Waals surface area contributed by atoms with Crippen LogP contribution in [0.15, 0.2) is 48.5 Å². The molecule has 26 heavy (non-hydrogen) atoms. The van der Waals surface area contributed by atoms with E-state index in [1.54, 1.807) is 0 Å². The van der Waals surface area contributed by atoms with Crippen molar-refractivity contribution in [1.82, 2.24) is 0 Å². The van der Waals surface area contributed by atoms with Crippen LogP contribution in [0.5, 0.6) is 0 Å². The van der Waals surface area contributed by atoms with Gasteiger partial charge in [-0.2, -0.15) is 26.3 Å². The lowest BCUT2D eigenvalue weighted by Crippen LogP contribution is -2.07. The molecule has 0 N–H and O–H groups in total. The standard InChI is InChI=1S/2C8H6F4.C2H6/c2*9-5-6-3-1-2-4-7(6)8(10,11)12;1-2/h2*1-4H,5H2;1-2H3. The fraction of sp³-hybridized carbons (Fsp3) is 0.333. The van der Waals surface area contributed by atoms with E-state index < -0.39 is 36.8 Å². The lowest BCUT2D eigenvalue weighted by atomic mass is 10.1. The third-order valence-electron chi connectivity index (χ3n) is 2.93. The summed E-state index contributed by atoms with van der Waals surface area (Å²) in [5, 5.41) is 0. The van der Waals surface area contributed by atoms with E-state index in [0.29, 0.717) is 0 Å². The first-order valence-electron chi connectivity index (χ1n) is 7.53. The summed E-state index contributed by atoms with van der Waals surface area (Å²) < 4.78 is 96.4. The molecule has 0 atom stereocenters. The second-order valence-electron chi connectivity index (χ2n) is 4.58. The van der Waals surface area contributed by atoms with Crippen molar-refractivity contribution in [2.24, 2.45) is 0 Å². The normalized spacial score (nSPS) is 11.0. The summed E-state index contributed by atoms with van der Waals surface area (Å²) in [4.78, 5) is 0. The molecule has 0 radical (unpaired) electrons. The first-order valence-corrected chi connectivity index (χ1v) is 7.53. The molecule has 0 fully saturated rings. The van der Waals surface area contributed by atoms with Crippen molar-refractivity contribution >= 4 is 0 Å². The zero-order valence-corrected chi connectivity index (χ0v) is 14.1.